The molecule has 1 aromatic heterocycles. The van der Waals surface area contributed by atoms with Crippen LogP contribution in [0, 0.1) is 6.92 Å². The zero-order valence-corrected chi connectivity index (χ0v) is 10.9. The Hall–Kier alpha value is -1.90. The van der Waals surface area contributed by atoms with Gasteiger partial charge in [-0.1, -0.05) is 32.0 Å². The molecule has 0 spiro atoms. The lowest BCUT2D eigenvalue weighted by atomic mass is 9.81. The van der Waals surface area contributed by atoms with Crippen molar-refractivity contribution in [3.05, 3.63) is 41.7 Å². The second-order valence-electron chi connectivity index (χ2n) is 5.29. The number of hydrogen-bond acceptors (Lipinski definition) is 2. The van der Waals surface area contributed by atoms with E-state index in [1.54, 1.807) is 6.20 Å². The Kier molecular flexibility index (Phi) is 3.07. The minimum Gasteiger partial charge on any atom is -0.481 e. The van der Waals surface area contributed by atoms with E-state index in [-0.39, 0.29) is 11.8 Å². The van der Waals surface area contributed by atoms with E-state index in [4.69, 9.17) is 5.11 Å². The minimum absolute atomic E-state index is 0.128. The van der Waals surface area contributed by atoms with Crippen molar-refractivity contribution in [3.8, 4) is 0 Å². The molecule has 0 atom stereocenters. The fourth-order valence-electron chi connectivity index (χ4n) is 2.23. The highest BCUT2D eigenvalue weighted by Gasteiger charge is 2.24. The van der Waals surface area contributed by atoms with Gasteiger partial charge in [0.05, 0.1) is 6.42 Å². The number of carboxylic acids is 1. The fourth-order valence-corrected chi connectivity index (χ4v) is 2.23. The highest BCUT2D eigenvalue weighted by molar-refractivity contribution is 5.85. The summed E-state index contributed by atoms with van der Waals surface area (Å²) >= 11 is 0. The molecule has 0 aliphatic carbocycles. The first kappa shape index (κ1) is 12.6. The summed E-state index contributed by atoms with van der Waals surface area (Å²) < 4.78 is 0. The number of carboxylic acid groups (broad SMARTS) is 1. The van der Waals surface area contributed by atoms with E-state index in [0.717, 1.165) is 22.0 Å². The molecule has 0 amide bonds. The molecule has 2 rings (SSSR count). The molecule has 0 radical (unpaired) electrons. The van der Waals surface area contributed by atoms with Gasteiger partial charge in [-0.05, 0) is 23.9 Å². The number of hydrogen-bond donors (Lipinski definition) is 1. The quantitative estimate of drug-likeness (QED) is 0.899. The van der Waals surface area contributed by atoms with Crippen LogP contribution in [-0.2, 0) is 10.2 Å². The molecule has 3 nitrogen and oxygen atoms in total. The van der Waals surface area contributed by atoms with Crippen LogP contribution in [-0.4, -0.2) is 16.1 Å². The van der Waals surface area contributed by atoms with Gasteiger partial charge >= 0.3 is 5.97 Å². The van der Waals surface area contributed by atoms with E-state index < -0.39 is 5.97 Å². The highest BCUT2D eigenvalue weighted by atomic mass is 16.4. The lowest BCUT2D eigenvalue weighted by molar-refractivity contribution is -0.138. The largest absolute Gasteiger partial charge is 0.481 e. The number of aliphatic carboxylic acids is 1. The van der Waals surface area contributed by atoms with E-state index in [1.165, 1.54) is 0 Å². The minimum atomic E-state index is -0.772. The van der Waals surface area contributed by atoms with Crippen molar-refractivity contribution < 1.29 is 9.90 Å². The smallest absolute Gasteiger partial charge is 0.304 e. The van der Waals surface area contributed by atoms with Crippen molar-refractivity contribution in [2.75, 3.05) is 0 Å². The van der Waals surface area contributed by atoms with Crippen LogP contribution in [0.5, 0.6) is 0 Å². The first-order valence-electron chi connectivity index (χ1n) is 5.98. The number of pyridine rings is 1. The van der Waals surface area contributed by atoms with Crippen LogP contribution in [0.15, 0.2) is 30.5 Å². The lowest BCUT2D eigenvalue weighted by Gasteiger charge is -2.23. The number of benzene rings is 1. The average molecular weight is 243 g/mol. The van der Waals surface area contributed by atoms with Gasteiger partial charge < -0.3 is 5.11 Å². The third kappa shape index (κ3) is 2.35. The molecule has 0 saturated carbocycles. The SMILES string of the molecule is Cc1nccc2cc(C(C)(C)CC(=O)O)ccc12. The predicted octanol–water partition coefficient (Wildman–Crippen LogP) is 3.30. The highest BCUT2D eigenvalue weighted by Crippen LogP contribution is 2.30. The van der Waals surface area contributed by atoms with Gasteiger partial charge in [0, 0.05) is 22.7 Å². The molecule has 3 heteroatoms. The summed E-state index contributed by atoms with van der Waals surface area (Å²) in [7, 11) is 0. The van der Waals surface area contributed by atoms with E-state index in [2.05, 4.69) is 11.1 Å². The maximum atomic E-state index is 10.9. The lowest BCUT2D eigenvalue weighted by Crippen LogP contribution is -2.21. The first-order chi connectivity index (χ1) is 8.40. The number of rotatable bonds is 3. The zero-order valence-electron chi connectivity index (χ0n) is 10.9. The van der Waals surface area contributed by atoms with Gasteiger partial charge in [-0.15, -0.1) is 0 Å². The summed E-state index contributed by atoms with van der Waals surface area (Å²) in [6.45, 7) is 5.89. The van der Waals surface area contributed by atoms with Crippen molar-refractivity contribution in [2.45, 2.75) is 32.6 Å². The van der Waals surface area contributed by atoms with Crippen LogP contribution in [0.1, 0.15) is 31.5 Å². The van der Waals surface area contributed by atoms with Crippen LogP contribution < -0.4 is 0 Å². The summed E-state index contributed by atoms with van der Waals surface area (Å²) in [6, 6.07) is 8.05. The topological polar surface area (TPSA) is 50.2 Å². The van der Waals surface area contributed by atoms with Crippen LogP contribution in [0.4, 0.5) is 0 Å². The van der Waals surface area contributed by atoms with E-state index in [9.17, 15) is 4.79 Å². The molecule has 0 unspecified atom stereocenters. The van der Waals surface area contributed by atoms with Crippen LogP contribution >= 0.6 is 0 Å². The van der Waals surface area contributed by atoms with Crippen molar-refractivity contribution in [1.29, 1.82) is 0 Å². The fraction of sp³-hybridized carbons (Fsp3) is 0.333. The van der Waals surface area contributed by atoms with Crippen LogP contribution in [0.25, 0.3) is 10.8 Å². The number of nitrogens with zero attached hydrogens (tertiary/aromatic N) is 1. The van der Waals surface area contributed by atoms with Gasteiger partial charge in [-0.2, -0.15) is 0 Å². The maximum Gasteiger partial charge on any atom is 0.304 e. The Morgan fingerprint density at radius 2 is 2.06 bits per heavy atom. The van der Waals surface area contributed by atoms with Gasteiger partial charge in [0.2, 0.25) is 0 Å². The third-order valence-electron chi connectivity index (χ3n) is 3.34. The Morgan fingerprint density at radius 1 is 1.33 bits per heavy atom. The molecule has 1 aromatic carbocycles. The molecule has 0 aliphatic heterocycles. The molecular weight excluding hydrogens is 226 g/mol. The molecule has 0 bridgehead atoms. The summed E-state index contributed by atoms with van der Waals surface area (Å²) in [6.07, 6.45) is 1.91. The van der Waals surface area contributed by atoms with Crippen LogP contribution in [0.2, 0.25) is 0 Å². The van der Waals surface area contributed by atoms with Crippen molar-refractivity contribution in [2.24, 2.45) is 0 Å². The summed E-state index contributed by atoms with van der Waals surface area (Å²) in [5.41, 5.74) is 1.68. The molecule has 1 N–H and O–H groups in total. The van der Waals surface area contributed by atoms with E-state index >= 15 is 0 Å². The molecule has 0 fully saturated rings. The van der Waals surface area contributed by atoms with Gasteiger partial charge in [0.15, 0.2) is 0 Å². The molecule has 18 heavy (non-hydrogen) atoms. The standard InChI is InChI=1S/C15H17NO2/c1-10-13-5-4-12(8-11(13)6-7-16-10)15(2,3)9-14(17)18/h4-8H,9H2,1-3H3,(H,17,18). The first-order valence-corrected chi connectivity index (χ1v) is 5.98. The average Bonchev–Trinajstić information content (AvgIpc) is 2.27. The molecule has 94 valence electrons. The van der Waals surface area contributed by atoms with Gasteiger partial charge in [-0.25, -0.2) is 0 Å². The van der Waals surface area contributed by atoms with Gasteiger partial charge in [-0.3, -0.25) is 9.78 Å². The molecule has 2 aromatic rings. The second kappa shape index (κ2) is 4.41. The monoisotopic (exact) mass is 243 g/mol. The second-order valence-corrected chi connectivity index (χ2v) is 5.29. The van der Waals surface area contributed by atoms with Gasteiger partial charge in [0.25, 0.3) is 0 Å². The Labute approximate surface area is 106 Å². The molecule has 0 saturated heterocycles. The van der Waals surface area contributed by atoms with Gasteiger partial charge in [0.1, 0.15) is 0 Å². The summed E-state index contributed by atoms with van der Waals surface area (Å²) in [4.78, 5) is 15.1. The van der Waals surface area contributed by atoms with Crippen molar-refractivity contribution >= 4 is 16.7 Å². The Bertz CT molecular complexity index is 602. The van der Waals surface area contributed by atoms with E-state index in [0.29, 0.717) is 0 Å². The number of carbonyl (C=O) groups is 1. The Morgan fingerprint density at radius 3 is 2.72 bits per heavy atom. The normalized spacial score (nSPS) is 11.7. The summed E-state index contributed by atoms with van der Waals surface area (Å²) in [5, 5.41) is 11.2. The Balaban J connectivity index is 2.50. The van der Waals surface area contributed by atoms with Crippen molar-refractivity contribution in [3.63, 3.8) is 0 Å². The molecule has 0 aliphatic rings. The third-order valence-corrected chi connectivity index (χ3v) is 3.34. The zero-order chi connectivity index (χ0) is 13.3. The molecule has 1 heterocycles. The number of aromatic nitrogens is 1. The van der Waals surface area contributed by atoms with Crippen LogP contribution in [0.3, 0.4) is 0 Å². The number of fused-ring (bicyclic) bond motifs is 1. The predicted molar refractivity (Wildman–Crippen MR) is 71.8 cm³/mol. The maximum absolute atomic E-state index is 10.9. The number of aryl methyl sites for hydroxylation is 1. The van der Waals surface area contributed by atoms with Crippen molar-refractivity contribution in [1.82, 2.24) is 4.98 Å². The molecular formula is C15H17NO2. The summed E-state index contributed by atoms with van der Waals surface area (Å²) in [5.74, 6) is -0.772. The van der Waals surface area contributed by atoms with E-state index in [1.807, 2.05) is 39.0 Å².